The van der Waals surface area contributed by atoms with Gasteiger partial charge in [0.2, 0.25) is 0 Å². The molecule has 0 spiro atoms. The van der Waals surface area contributed by atoms with E-state index in [1.165, 1.54) is 11.6 Å². The van der Waals surface area contributed by atoms with Crippen LogP contribution in [0, 0.1) is 18.7 Å². The van der Waals surface area contributed by atoms with Crippen LogP contribution in [0.3, 0.4) is 0 Å². The number of benzene rings is 2. The summed E-state index contributed by atoms with van der Waals surface area (Å²) in [6, 6.07) is 16.3. The minimum atomic E-state index is -0.297. The van der Waals surface area contributed by atoms with Gasteiger partial charge in [-0.15, -0.1) is 0 Å². The van der Waals surface area contributed by atoms with Gasteiger partial charge in [0.1, 0.15) is 11.5 Å². The minimum Gasteiger partial charge on any atom is -0.463 e. The quantitative estimate of drug-likeness (QED) is 0.459. The number of pyridine rings is 1. The Bertz CT molecular complexity index is 1350. The Kier molecular flexibility index (Phi) is 6.20. The average Bonchev–Trinajstić information content (AvgIpc) is 3.64. The van der Waals surface area contributed by atoms with Crippen molar-refractivity contribution in [2.45, 2.75) is 39.2 Å². The molecule has 2 unspecified atom stereocenters. The van der Waals surface area contributed by atoms with Gasteiger partial charge in [-0.3, -0.25) is 4.79 Å². The van der Waals surface area contributed by atoms with Gasteiger partial charge < -0.3 is 10.1 Å². The number of hydrogen-bond donors (Lipinski definition) is 1. The van der Waals surface area contributed by atoms with Gasteiger partial charge in [-0.1, -0.05) is 30.3 Å². The molecule has 3 aromatic rings. The van der Waals surface area contributed by atoms with E-state index in [9.17, 15) is 14.0 Å². The number of ether oxygens (including phenoxy) is 1. The van der Waals surface area contributed by atoms with Gasteiger partial charge in [-0.25, -0.2) is 14.2 Å². The summed E-state index contributed by atoms with van der Waals surface area (Å²) in [5.74, 6) is 0.158. The second-order valence-electron chi connectivity index (χ2n) is 9.21. The molecule has 2 aromatic carbocycles. The Balaban J connectivity index is 0.00000304. The molecule has 0 aliphatic heterocycles. The van der Waals surface area contributed by atoms with Crippen molar-refractivity contribution in [3.8, 4) is 11.3 Å². The number of nitrogens with zero attached hydrogens (tertiary/aromatic N) is 1. The standard InChI is InChI=1S/C29H27FN2O3.H2/c1-3-35-29(34)22-13-20-12-19(8-9-23(20)24-15-21(24)14-22)26-5-4-6-27(32-26)28(33)31-16-18-7-10-25(30)17(2)11-18;/h4-13,21,24H,3,14-16H2,1-2H3,(H,31,33);1H. The SMILES string of the molecule is CCOC(=O)C1=Cc2cc(-c3cccc(C(=O)NCc4ccc(F)c(C)c4)n3)ccc2C2CC2C1.[HH]. The molecule has 2 aliphatic rings. The fourth-order valence-corrected chi connectivity index (χ4v) is 4.76. The van der Waals surface area contributed by atoms with E-state index in [1.807, 2.05) is 37.3 Å². The van der Waals surface area contributed by atoms with Gasteiger partial charge >= 0.3 is 5.97 Å². The van der Waals surface area contributed by atoms with E-state index in [-0.39, 0.29) is 25.7 Å². The number of hydrogen-bond acceptors (Lipinski definition) is 4. The third-order valence-corrected chi connectivity index (χ3v) is 6.71. The summed E-state index contributed by atoms with van der Waals surface area (Å²) in [4.78, 5) is 29.8. The fraction of sp³-hybridized carbons (Fsp3) is 0.276. The zero-order valence-corrected chi connectivity index (χ0v) is 19.8. The smallest absolute Gasteiger partial charge is 0.334 e. The van der Waals surface area contributed by atoms with Crippen LogP contribution in [0.4, 0.5) is 4.39 Å². The first-order valence-corrected chi connectivity index (χ1v) is 11.9. The number of amides is 1. The zero-order valence-electron chi connectivity index (χ0n) is 19.8. The molecule has 1 aromatic heterocycles. The van der Waals surface area contributed by atoms with Gasteiger partial charge in [-0.2, -0.15) is 0 Å². The van der Waals surface area contributed by atoms with E-state index < -0.39 is 0 Å². The molecule has 6 heteroatoms. The van der Waals surface area contributed by atoms with Gasteiger partial charge in [-0.05, 0) is 91.1 Å². The van der Waals surface area contributed by atoms with Crippen molar-refractivity contribution in [3.05, 3.63) is 93.9 Å². The lowest BCUT2D eigenvalue weighted by Gasteiger charge is -2.10. The van der Waals surface area contributed by atoms with E-state index in [0.717, 1.165) is 29.5 Å². The van der Waals surface area contributed by atoms with Crippen molar-refractivity contribution < 1.29 is 20.1 Å². The number of esters is 1. The molecule has 5 rings (SSSR count). The minimum absolute atomic E-state index is 0. The third kappa shape index (κ3) is 4.87. The summed E-state index contributed by atoms with van der Waals surface area (Å²) in [5, 5.41) is 2.86. The highest BCUT2D eigenvalue weighted by atomic mass is 19.1. The maximum absolute atomic E-state index is 13.5. The predicted molar refractivity (Wildman–Crippen MR) is 134 cm³/mol. The van der Waals surface area contributed by atoms with Crippen molar-refractivity contribution in [2.75, 3.05) is 6.61 Å². The molecule has 1 heterocycles. The number of rotatable bonds is 6. The first-order chi connectivity index (χ1) is 16.9. The molecule has 180 valence electrons. The van der Waals surface area contributed by atoms with Crippen LogP contribution in [0.5, 0.6) is 0 Å². The van der Waals surface area contributed by atoms with Crippen molar-refractivity contribution in [1.82, 2.24) is 10.3 Å². The predicted octanol–water partition coefficient (Wildman–Crippen LogP) is 5.83. The summed E-state index contributed by atoms with van der Waals surface area (Å²) < 4.78 is 18.8. The Morgan fingerprint density at radius 1 is 1.17 bits per heavy atom. The molecule has 1 N–H and O–H groups in total. The van der Waals surface area contributed by atoms with Gasteiger partial charge in [0.15, 0.2) is 0 Å². The third-order valence-electron chi connectivity index (χ3n) is 6.71. The lowest BCUT2D eigenvalue weighted by atomic mass is 9.98. The van der Waals surface area contributed by atoms with E-state index in [4.69, 9.17) is 4.74 Å². The molecule has 0 radical (unpaired) electrons. The largest absolute Gasteiger partial charge is 0.463 e. The van der Waals surface area contributed by atoms with Crippen LogP contribution in [0.2, 0.25) is 0 Å². The number of nitrogens with one attached hydrogen (secondary N) is 1. The Morgan fingerprint density at radius 3 is 2.83 bits per heavy atom. The molecule has 0 saturated heterocycles. The molecule has 1 fully saturated rings. The van der Waals surface area contributed by atoms with Crippen molar-refractivity contribution in [2.24, 2.45) is 5.92 Å². The lowest BCUT2D eigenvalue weighted by molar-refractivity contribution is -0.138. The summed E-state index contributed by atoms with van der Waals surface area (Å²) in [5.41, 5.74) is 6.21. The highest BCUT2D eigenvalue weighted by Gasteiger charge is 2.42. The summed E-state index contributed by atoms with van der Waals surface area (Å²) in [6.07, 6.45) is 3.78. The first kappa shape index (κ1) is 23.0. The highest BCUT2D eigenvalue weighted by molar-refractivity contribution is 5.95. The van der Waals surface area contributed by atoms with Crippen molar-refractivity contribution >= 4 is 18.0 Å². The maximum Gasteiger partial charge on any atom is 0.334 e. The summed E-state index contributed by atoms with van der Waals surface area (Å²) in [7, 11) is 0. The number of aryl methyl sites for hydroxylation is 1. The molecule has 2 atom stereocenters. The van der Waals surface area contributed by atoms with Crippen LogP contribution in [-0.4, -0.2) is 23.5 Å². The second kappa shape index (κ2) is 9.45. The molecule has 0 bridgehead atoms. The fourth-order valence-electron chi connectivity index (χ4n) is 4.76. The Hall–Kier alpha value is -3.80. The van der Waals surface area contributed by atoms with Crippen LogP contribution in [-0.2, 0) is 16.1 Å². The summed E-state index contributed by atoms with van der Waals surface area (Å²) in [6.45, 7) is 4.16. The molecular formula is C29H29FN2O3. The molecule has 35 heavy (non-hydrogen) atoms. The number of carbonyl (C=O) groups is 2. The lowest BCUT2D eigenvalue weighted by Crippen LogP contribution is -2.24. The van der Waals surface area contributed by atoms with Crippen LogP contribution in [0.1, 0.15) is 59.9 Å². The molecule has 1 saturated carbocycles. The number of aromatic nitrogens is 1. The van der Waals surface area contributed by atoms with Crippen LogP contribution >= 0.6 is 0 Å². The molecular weight excluding hydrogens is 443 g/mol. The van der Waals surface area contributed by atoms with Gasteiger partial charge in [0.25, 0.3) is 5.91 Å². The number of carbonyl (C=O) groups excluding carboxylic acids is 2. The van der Waals surface area contributed by atoms with Crippen LogP contribution in [0.25, 0.3) is 17.3 Å². The maximum atomic E-state index is 13.5. The number of halogens is 1. The van der Waals surface area contributed by atoms with E-state index >= 15 is 0 Å². The van der Waals surface area contributed by atoms with Gasteiger partial charge in [0, 0.05) is 19.1 Å². The zero-order chi connectivity index (χ0) is 24.5. The van der Waals surface area contributed by atoms with E-state index in [1.54, 1.807) is 25.1 Å². The first-order valence-electron chi connectivity index (χ1n) is 11.9. The van der Waals surface area contributed by atoms with E-state index in [2.05, 4.69) is 16.4 Å². The Morgan fingerprint density at radius 2 is 2.03 bits per heavy atom. The normalized spacial score (nSPS) is 18.0. The molecule has 1 amide bonds. The highest BCUT2D eigenvalue weighted by Crippen LogP contribution is 2.54. The topological polar surface area (TPSA) is 68.3 Å². The van der Waals surface area contributed by atoms with Crippen molar-refractivity contribution in [3.63, 3.8) is 0 Å². The van der Waals surface area contributed by atoms with Crippen LogP contribution in [0.15, 0.2) is 60.2 Å². The molecule has 2 aliphatic carbocycles. The molecule has 5 nitrogen and oxygen atoms in total. The Labute approximate surface area is 205 Å². The second-order valence-corrected chi connectivity index (χ2v) is 9.21. The monoisotopic (exact) mass is 472 g/mol. The summed E-state index contributed by atoms with van der Waals surface area (Å²) >= 11 is 0. The van der Waals surface area contributed by atoms with E-state index in [0.29, 0.717) is 41.0 Å². The average molecular weight is 473 g/mol. The van der Waals surface area contributed by atoms with Gasteiger partial charge in [0.05, 0.1) is 12.3 Å². The van der Waals surface area contributed by atoms with Crippen LogP contribution < -0.4 is 5.32 Å². The number of fused-ring (bicyclic) bond motifs is 3. The van der Waals surface area contributed by atoms with Crippen molar-refractivity contribution in [1.29, 1.82) is 0 Å².